The Hall–Kier alpha value is -1.82. The number of hydrogen-bond acceptors (Lipinski definition) is 2. The van der Waals surface area contributed by atoms with E-state index in [4.69, 9.17) is 5.26 Å². The first kappa shape index (κ1) is 8.76. The lowest BCUT2D eigenvalue weighted by Crippen LogP contribution is -1.98. The van der Waals surface area contributed by atoms with Crippen molar-refractivity contribution >= 4 is 10.9 Å². The summed E-state index contributed by atoms with van der Waals surface area (Å²) in [5.74, 6) is 0. The van der Waals surface area contributed by atoms with Crippen molar-refractivity contribution < 1.29 is 0 Å². The zero-order chi connectivity index (χ0) is 10.1. The van der Waals surface area contributed by atoms with E-state index in [-0.39, 0.29) is 0 Å². The molecular weight excluding hydrogens is 174 g/mol. The van der Waals surface area contributed by atoms with Gasteiger partial charge in [0.05, 0.1) is 11.7 Å². The third-order valence-corrected chi connectivity index (χ3v) is 2.28. The minimum atomic E-state index is 0.419. The normalized spacial score (nSPS) is 10.7. The minimum Gasteiger partial charge on any atom is -0.344 e. The monoisotopic (exact) mass is 185 g/mol. The quantitative estimate of drug-likeness (QED) is 0.684. The lowest BCUT2D eigenvalue weighted by molar-refractivity contribution is 0.622. The van der Waals surface area contributed by atoms with Crippen molar-refractivity contribution in [2.75, 3.05) is 0 Å². The molecule has 2 heterocycles. The number of aromatic nitrogens is 2. The lowest BCUT2D eigenvalue weighted by atomic mass is 10.2. The molecule has 3 nitrogen and oxygen atoms in total. The molecule has 70 valence electrons. The van der Waals surface area contributed by atoms with Crippen molar-refractivity contribution in [2.24, 2.45) is 0 Å². The van der Waals surface area contributed by atoms with Gasteiger partial charge in [0.25, 0.3) is 0 Å². The molecule has 0 saturated heterocycles. The number of pyridine rings is 1. The summed E-state index contributed by atoms with van der Waals surface area (Å²) in [7, 11) is 0. The second-order valence-corrected chi connectivity index (χ2v) is 3.56. The molecule has 0 aliphatic carbocycles. The average molecular weight is 185 g/mol. The predicted molar refractivity (Wildman–Crippen MR) is 54.8 cm³/mol. The summed E-state index contributed by atoms with van der Waals surface area (Å²) in [5, 5.41) is 9.77. The van der Waals surface area contributed by atoms with Gasteiger partial charge in [-0.15, -0.1) is 0 Å². The second kappa shape index (κ2) is 3.15. The zero-order valence-corrected chi connectivity index (χ0v) is 8.23. The maximum Gasteiger partial charge on any atom is 0.141 e. The Morgan fingerprint density at radius 3 is 2.93 bits per heavy atom. The molecule has 0 aliphatic heterocycles. The third kappa shape index (κ3) is 1.25. The molecule has 2 aromatic heterocycles. The summed E-state index contributed by atoms with van der Waals surface area (Å²) < 4.78 is 2.14. The van der Waals surface area contributed by atoms with Crippen LogP contribution in [0.2, 0.25) is 0 Å². The van der Waals surface area contributed by atoms with E-state index in [1.54, 1.807) is 6.20 Å². The van der Waals surface area contributed by atoms with Crippen LogP contribution in [-0.2, 0) is 0 Å². The van der Waals surface area contributed by atoms with E-state index in [9.17, 15) is 0 Å². The van der Waals surface area contributed by atoms with Crippen molar-refractivity contribution in [1.29, 1.82) is 5.26 Å². The van der Waals surface area contributed by atoms with Crippen LogP contribution < -0.4 is 0 Å². The van der Waals surface area contributed by atoms with E-state index in [2.05, 4.69) is 23.4 Å². The highest BCUT2D eigenvalue weighted by Gasteiger charge is 2.04. The Morgan fingerprint density at radius 2 is 2.29 bits per heavy atom. The van der Waals surface area contributed by atoms with Crippen molar-refractivity contribution in [3.8, 4) is 6.07 Å². The molecular formula is C11H11N3. The molecule has 0 fully saturated rings. The van der Waals surface area contributed by atoms with E-state index in [1.807, 2.05) is 24.4 Å². The molecule has 0 aliphatic rings. The van der Waals surface area contributed by atoms with Crippen LogP contribution in [0.1, 0.15) is 25.6 Å². The summed E-state index contributed by atoms with van der Waals surface area (Å²) >= 11 is 0. The second-order valence-electron chi connectivity index (χ2n) is 3.56. The summed E-state index contributed by atoms with van der Waals surface area (Å²) in [6.07, 6.45) is 3.78. The van der Waals surface area contributed by atoms with Crippen LogP contribution in [0.4, 0.5) is 0 Å². The van der Waals surface area contributed by atoms with Crippen molar-refractivity contribution in [2.45, 2.75) is 19.9 Å². The molecule has 3 heteroatoms. The van der Waals surface area contributed by atoms with E-state index >= 15 is 0 Å². The highest BCUT2D eigenvalue weighted by Crippen LogP contribution is 2.19. The molecule has 0 atom stereocenters. The van der Waals surface area contributed by atoms with Crippen LogP contribution in [-0.4, -0.2) is 9.55 Å². The highest BCUT2D eigenvalue weighted by atomic mass is 15.0. The maximum atomic E-state index is 8.69. The van der Waals surface area contributed by atoms with Crippen molar-refractivity contribution in [1.82, 2.24) is 9.55 Å². The largest absolute Gasteiger partial charge is 0.344 e. The third-order valence-electron chi connectivity index (χ3n) is 2.28. The standard InChI is InChI=1S/C11H11N3/c1-8(2)14-4-3-9-5-10(6-12)13-7-11(9)14/h3-5,7-8H,1-2H3. The van der Waals surface area contributed by atoms with Gasteiger partial charge in [-0.05, 0) is 26.0 Å². The molecule has 0 unspecified atom stereocenters. The van der Waals surface area contributed by atoms with Crippen LogP contribution in [0.3, 0.4) is 0 Å². The highest BCUT2D eigenvalue weighted by molar-refractivity contribution is 5.80. The van der Waals surface area contributed by atoms with E-state index in [0.29, 0.717) is 11.7 Å². The Balaban J connectivity index is 2.67. The first-order valence-electron chi connectivity index (χ1n) is 4.59. The smallest absolute Gasteiger partial charge is 0.141 e. The van der Waals surface area contributed by atoms with Crippen LogP contribution in [0.25, 0.3) is 10.9 Å². The molecule has 0 saturated carbocycles. The SMILES string of the molecule is CC(C)n1ccc2cc(C#N)ncc21. The first-order chi connectivity index (χ1) is 6.72. The van der Waals surface area contributed by atoms with Crippen LogP contribution in [0, 0.1) is 11.3 Å². The van der Waals surface area contributed by atoms with E-state index in [1.165, 1.54) is 0 Å². The van der Waals surface area contributed by atoms with E-state index in [0.717, 1.165) is 10.9 Å². The van der Waals surface area contributed by atoms with Gasteiger partial charge in [-0.25, -0.2) is 4.98 Å². The molecule has 0 radical (unpaired) electrons. The molecule has 0 amide bonds. The van der Waals surface area contributed by atoms with Crippen molar-refractivity contribution in [3.05, 3.63) is 30.2 Å². The fourth-order valence-electron chi connectivity index (χ4n) is 1.57. The minimum absolute atomic E-state index is 0.419. The Labute approximate surface area is 82.6 Å². The van der Waals surface area contributed by atoms with Gasteiger partial charge in [-0.3, -0.25) is 0 Å². The Morgan fingerprint density at radius 1 is 1.50 bits per heavy atom. The number of rotatable bonds is 1. The zero-order valence-electron chi connectivity index (χ0n) is 8.23. The van der Waals surface area contributed by atoms with Gasteiger partial charge in [-0.1, -0.05) is 0 Å². The van der Waals surface area contributed by atoms with Crippen LogP contribution in [0.5, 0.6) is 0 Å². The Kier molecular flexibility index (Phi) is 1.97. The first-order valence-corrected chi connectivity index (χ1v) is 4.59. The van der Waals surface area contributed by atoms with Crippen molar-refractivity contribution in [3.63, 3.8) is 0 Å². The van der Waals surface area contributed by atoms with Crippen LogP contribution >= 0.6 is 0 Å². The average Bonchev–Trinajstić information content (AvgIpc) is 2.59. The fraction of sp³-hybridized carbons (Fsp3) is 0.273. The van der Waals surface area contributed by atoms with Crippen LogP contribution in [0.15, 0.2) is 24.5 Å². The fourth-order valence-corrected chi connectivity index (χ4v) is 1.57. The van der Waals surface area contributed by atoms with Gasteiger partial charge in [0.1, 0.15) is 11.8 Å². The summed E-state index contributed by atoms with van der Waals surface area (Å²) in [6, 6.07) is 6.28. The molecule has 0 N–H and O–H groups in total. The molecule has 2 aromatic rings. The number of nitriles is 1. The number of hydrogen-bond donors (Lipinski definition) is 0. The number of nitrogens with zero attached hydrogens (tertiary/aromatic N) is 3. The summed E-state index contributed by atoms with van der Waals surface area (Å²) in [4.78, 5) is 4.06. The molecule has 0 aromatic carbocycles. The predicted octanol–water partition coefficient (Wildman–Crippen LogP) is 2.49. The van der Waals surface area contributed by atoms with Gasteiger partial charge >= 0.3 is 0 Å². The van der Waals surface area contributed by atoms with Gasteiger partial charge in [0.15, 0.2) is 0 Å². The maximum absolute atomic E-state index is 8.69. The lowest BCUT2D eigenvalue weighted by Gasteiger charge is -2.08. The molecule has 14 heavy (non-hydrogen) atoms. The van der Waals surface area contributed by atoms with Gasteiger partial charge < -0.3 is 4.57 Å². The molecule has 0 bridgehead atoms. The molecule has 2 rings (SSSR count). The molecule has 0 spiro atoms. The Bertz CT molecular complexity index is 503. The van der Waals surface area contributed by atoms with Gasteiger partial charge in [0, 0.05) is 17.6 Å². The van der Waals surface area contributed by atoms with Gasteiger partial charge in [-0.2, -0.15) is 5.26 Å². The summed E-state index contributed by atoms with van der Waals surface area (Å²) in [6.45, 7) is 4.25. The van der Waals surface area contributed by atoms with E-state index < -0.39 is 0 Å². The van der Waals surface area contributed by atoms with Gasteiger partial charge in [0.2, 0.25) is 0 Å². The summed E-state index contributed by atoms with van der Waals surface area (Å²) in [5.41, 5.74) is 1.55. The topological polar surface area (TPSA) is 41.6 Å². The number of fused-ring (bicyclic) bond motifs is 1.